The molecule has 2 amide bonds. The van der Waals surface area contributed by atoms with Gasteiger partial charge in [-0.05, 0) is 11.8 Å². The zero-order valence-corrected chi connectivity index (χ0v) is 11.8. The minimum atomic E-state index is -0.150. The van der Waals surface area contributed by atoms with E-state index in [2.05, 4.69) is 5.32 Å². The molecule has 1 aliphatic rings. The van der Waals surface area contributed by atoms with Crippen LogP contribution < -0.4 is 5.32 Å². The van der Waals surface area contributed by atoms with Gasteiger partial charge in [-0.15, -0.1) is 0 Å². The van der Waals surface area contributed by atoms with Crippen LogP contribution in [0, 0.1) is 0 Å². The lowest BCUT2D eigenvalue weighted by molar-refractivity contribution is -0.131. The van der Waals surface area contributed by atoms with E-state index in [-0.39, 0.29) is 17.9 Å². The third-order valence-electron chi connectivity index (χ3n) is 3.20. The number of nitrogens with zero attached hydrogens (tertiary/aromatic N) is 1. The van der Waals surface area contributed by atoms with Gasteiger partial charge in [0.25, 0.3) is 0 Å². The first-order valence-corrected chi connectivity index (χ1v) is 7.72. The molecule has 2 rings (SSSR count). The van der Waals surface area contributed by atoms with Crippen LogP contribution in [0.1, 0.15) is 18.0 Å². The van der Waals surface area contributed by atoms with Crippen LogP contribution in [-0.2, 0) is 9.59 Å². The molecule has 0 aliphatic carbocycles. The van der Waals surface area contributed by atoms with Crippen LogP contribution in [0.5, 0.6) is 0 Å². The molecule has 1 aromatic rings. The fourth-order valence-corrected chi connectivity index (χ4v) is 2.72. The second-order valence-corrected chi connectivity index (χ2v) is 5.37. The minimum Gasteiger partial charge on any atom is -0.354 e. The van der Waals surface area contributed by atoms with Crippen LogP contribution in [0.4, 0.5) is 0 Å². The summed E-state index contributed by atoms with van der Waals surface area (Å²) < 4.78 is 0. The Kier molecular flexibility index (Phi) is 4.85. The van der Waals surface area contributed by atoms with Crippen LogP contribution in [0.15, 0.2) is 30.3 Å². The predicted octanol–water partition coefficient (Wildman–Crippen LogP) is 1.44. The molecule has 0 spiro atoms. The van der Waals surface area contributed by atoms with E-state index in [0.29, 0.717) is 25.3 Å². The fourth-order valence-electron chi connectivity index (χ4n) is 2.31. The first-order chi connectivity index (χ1) is 9.22. The van der Waals surface area contributed by atoms with E-state index in [1.54, 1.807) is 0 Å². The van der Waals surface area contributed by atoms with Gasteiger partial charge in [0.05, 0.1) is 18.2 Å². The lowest BCUT2D eigenvalue weighted by Gasteiger charge is -2.29. The molecule has 0 aromatic heterocycles. The second kappa shape index (κ2) is 6.61. The Hall–Kier alpha value is -1.49. The number of carbonyl (C=O) groups is 2. The maximum Gasteiger partial charge on any atom is 0.233 e. The average Bonchev–Trinajstić information content (AvgIpc) is 2.62. The van der Waals surface area contributed by atoms with Crippen molar-refractivity contribution >= 4 is 23.6 Å². The van der Waals surface area contributed by atoms with E-state index < -0.39 is 0 Å². The Bertz CT molecular complexity index is 450. The Labute approximate surface area is 117 Å². The second-order valence-electron chi connectivity index (χ2n) is 4.50. The summed E-state index contributed by atoms with van der Waals surface area (Å²) in [4.78, 5) is 25.8. The summed E-state index contributed by atoms with van der Waals surface area (Å²) in [5, 5.41) is 2.83. The van der Waals surface area contributed by atoms with Crippen molar-refractivity contribution in [2.45, 2.75) is 12.5 Å². The maximum absolute atomic E-state index is 12.2. The zero-order chi connectivity index (χ0) is 13.7. The van der Waals surface area contributed by atoms with Gasteiger partial charge < -0.3 is 10.2 Å². The fraction of sp³-hybridized carbons (Fsp3) is 0.429. The third kappa shape index (κ3) is 3.50. The number of rotatable bonds is 3. The van der Waals surface area contributed by atoms with Crippen molar-refractivity contribution in [3.05, 3.63) is 35.9 Å². The lowest BCUT2D eigenvalue weighted by atomic mass is 10.0. The minimum absolute atomic E-state index is 0.00769. The predicted molar refractivity (Wildman–Crippen MR) is 76.9 cm³/mol. The quantitative estimate of drug-likeness (QED) is 0.910. The SMILES string of the molecule is CSCC(=O)N1CCNC(=O)C[C@@H]1c1ccccc1. The van der Waals surface area contributed by atoms with Gasteiger partial charge in [0, 0.05) is 13.1 Å². The van der Waals surface area contributed by atoms with E-state index in [1.165, 1.54) is 11.8 Å². The van der Waals surface area contributed by atoms with Crippen molar-refractivity contribution in [1.82, 2.24) is 10.2 Å². The molecule has 1 aliphatic heterocycles. The lowest BCUT2D eigenvalue weighted by Crippen LogP contribution is -2.37. The summed E-state index contributed by atoms with van der Waals surface area (Å²) in [7, 11) is 0. The summed E-state index contributed by atoms with van der Waals surface area (Å²) in [5.74, 6) is 0.559. The van der Waals surface area contributed by atoms with Gasteiger partial charge in [0.15, 0.2) is 0 Å². The van der Waals surface area contributed by atoms with Crippen LogP contribution in [0.2, 0.25) is 0 Å². The maximum atomic E-state index is 12.2. The van der Waals surface area contributed by atoms with E-state index in [4.69, 9.17) is 0 Å². The number of hydrogen-bond donors (Lipinski definition) is 1. The highest BCUT2D eigenvalue weighted by atomic mass is 32.2. The number of amides is 2. The van der Waals surface area contributed by atoms with Gasteiger partial charge >= 0.3 is 0 Å². The smallest absolute Gasteiger partial charge is 0.233 e. The Morgan fingerprint density at radius 3 is 2.84 bits per heavy atom. The number of carbonyl (C=O) groups excluding carboxylic acids is 2. The Morgan fingerprint density at radius 2 is 2.16 bits per heavy atom. The molecule has 0 unspecified atom stereocenters. The van der Waals surface area contributed by atoms with Crippen molar-refractivity contribution in [2.75, 3.05) is 25.1 Å². The van der Waals surface area contributed by atoms with E-state index in [9.17, 15) is 9.59 Å². The van der Waals surface area contributed by atoms with Crippen LogP contribution >= 0.6 is 11.8 Å². The molecule has 1 N–H and O–H groups in total. The van der Waals surface area contributed by atoms with Crippen molar-refractivity contribution in [1.29, 1.82) is 0 Å². The Morgan fingerprint density at radius 1 is 1.42 bits per heavy atom. The average molecular weight is 278 g/mol. The van der Waals surface area contributed by atoms with E-state index in [0.717, 1.165) is 5.56 Å². The van der Waals surface area contributed by atoms with Gasteiger partial charge in [-0.2, -0.15) is 11.8 Å². The van der Waals surface area contributed by atoms with Crippen molar-refractivity contribution in [2.24, 2.45) is 0 Å². The summed E-state index contributed by atoms with van der Waals surface area (Å²) >= 11 is 1.51. The molecule has 4 nitrogen and oxygen atoms in total. The van der Waals surface area contributed by atoms with Crippen LogP contribution in [0.3, 0.4) is 0 Å². The van der Waals surface area contributed by atoms with Crippen LogP contribution in [0.25, 0.3) is 0 Å². The first kappa shape index (κ1) is 13.9. The number of hydrogen-bond acceptors (Lipinski definition) is 3. The zero-order valence-electron chi connectivity index (χ0n) is 11.0. The highest BCUT2D eigenvalue weighted by Gasteiger charge is 2.29. The third-order valence-corrected chi connectivity index (χ3v) is 3.74. The van der Waals surface area contributed by atoms with Gasteiger partial charge in [-0.1, -0.05) is 30.3 Å². The molecular formula is C14H18N2O2S. The van der Waals surface area contributed by atoms with E-state index in [1.807, 2.05) is 41.5 Å². The highest BCUT2D eigenvalue weighted by Crippen LogP contribution is 2.26. The van der Waals surface area contributed by atoms with Gasteiger partial charge in [0.2, 0.25) is 11.8 Å². The molecular weight excluding hydrogens is 260 g/mol. The molecule has 19 heavy (non-hydrogen) atoms. The first-order valence-electron chi connectivity index (χ1n) is 6.32. The summed E-state index contributed by atoms with van der Waals surface area (Å²) in [6.45, 7) is 1.10. The summed E-state index contributed by atoms with van der Waals surface area (Å²) in [5.41, 5.74) is 1.02. The van der Waals surface area contributed by atoms with Crippen molar-refractivity contribution < 1.29 is 9.59 Å². The molecule has 1 atom stereocenters. The van der Waals surface area contributed by atoms with Gasteiger partial charge in [0.1, 0.15) is 0 Å². The van der Waals surface area contributed by atoms with Gasteiger partial charge in [-0.3, -0.25) is 9.59 Å². The van der Waals surface area contributed by atoms with Crippen molar-refractivity contribution in [3.8, 4) is 0 Å². The standard InChI is InChI=1S/C14H18N2O2S/c1-19-10-14(18)16-8-7-15-13(17)9-12(16)11-5-3-2-4-6-11/h2-6,12H,7-10H2,1H3,(H,15,17)/t12-/m1/s1. The summed E-state index contributed by atoms with van der Waals surface area (Å²) in [6, 6.07) is 9.62. The number of benzene rings is 1. The molecule has 1 saturated heterocycles. The molecule has 1 heterocycles. The molecule has 0 saturated carbocycles. The number of nitrogens with one attached hydrogen (secondary N) is 1. The molecule has 1 fully saturated rings. The van der Waals surface area contributed by atoms with Crippen molar-refractivity contribution in [3.63, 3.8) is 0 Å². The highest BCUT2D eigenvalue weighted by molar-refractivity contribution is 7.99. The molecule has 0 radical (unpaired) electrons. The molecule has 102 valence electrons. The van der Waals surface area contributed by atoms with Crippen LogP contribution in [-0.4, -0.2) is 41.8 Å². The largest absolute Gasteiger partial charge is 0.354 e. The summed E-state index contributed by atoms with van der Waals surface area (Å²) in [6.07, 6.45) is 2.25. The molecule has 1 aromatic carbocycles. The Balaban J connectivity index is 2.26. The molecule has 0 bridgehead atoms. The monoisotopic (exact) mass is 278 g/mol. The number of thioether (sulfide) groups is 1. The van der Waals surface area contributed by atoms with E-state index >= 15 is 0 Å². The topological polar surface area (TPSA) is 49.4 Å². The normalized spacial score (nSPS) is 19.7. The van der Waals surface area contributed by atoms with Gasteiger partial charge in [-0.25, -0.2) is 0 Å². The molecule has 5 heteroatoms.